The van der Waals surface area contributed by atoms with Crippen molar-refractivity contribution in [1.29, 1.82) is 0 Å². The van der Waals surface area contributed by atoms with Crippen molar-refractivity contribution >= 4 is 33.8 Å². The fraction of sp³-hybridized carbons (Fsp3) is 0.333. The minimum Gasteiger partial charge on any atom is -0.480 e. The number of amides is 1. The number of nitrogens with one attached hydrogen (secondary N) is 1. The minimum atomic E-state index is -1.22. The number of nitrogens with zero attached hydrogens (tertiary/aromatic N) is 1. The standard InChI is InChI=1S/C12H13BrN2O5/c1-20-10(16)6-5-8(12(18)19)15-11(17)7-3-2-4-9(13)14-7/h2-4,8H,5-6H2,1H3,(H,15,17)(H,18,19)/t8-/m1/s1. The van der Waals surface area contributed by atoms with Gasteiger partial charge in [0.1, 0.15) is 16.3 Å². The average molecular weight is 345 g/mol. The predicted octanol–water partition coefficient (Wildman–Crippen LogP) is 0.980. The Labute approximate surface area is 123 Å². The van der Waals surface area contributed by atoms with E-state index in [4.69, 9.17) is 5.11 Å². The second-order valence-corrected chi connectivity index (χ2v) is 4.64. The Morgan fingerprint density at radius 3 is 2.70 bits per heavy atom. The number of ether oxygens (including phenoxy) is 1. The number of rotatable bonds is 6. The first-order chi connectivity index (χ1) is 9.43. The molecule has 1 aromatic rings. The lowest BCUT2D eigenvalue weighted by Gasteiger charge is -2.13. The molecule has 2 N–H and O–H groups in total. The lowest BCUT2D eigenvalue weighted by Crippen LogP contribution is -2.41. The monoisotopic (exact) mass is 344 g/mol. The molecule has 0 saturated heterocycles. The smallest absolute Gasteiger partial charge is 0.326 e. The Hall–Kier alpha value is -1.96. The molecule has 0 aliphatic carbocycles. The highest BCUT2D eigenvalue weighted by molar-refractivity contribution is 9.10. The number of methoxy groups -OCH3 is 1. The van der Waals surface area contributed by atoms with Crippen molar-refractivity contribution < 1.29 is 24.2 Å². The molecule has 0 unspecified atom stereocenters. The Balaban J connectivity index is 2.68. The molecule has 0 aliphatic rings. The Bertz CT molecular complexity index is 520. The minimum absolute atomic E-state index is 0.0538. The van der Waals surface area contributed by atoms with E-state index in [2.05, 4.69) is 31.0 Å². The summed E-state index contributed by atoms with van der Waals surface area (Å²) in [7, 11) is 1.21. The van der Waals surface area contributed by atoms with E-state index in [0.29, 0.717) is 4.60 Å². The molecule has 1 aromatic heterocycles. The number of hydrogen-bond donors (Lipinski definition) is 2. The summed E-state index contributed by atoms with van der Waals surface area (Å²) < 4.78 is 4.89. The zero-order valence-electron chi connectivity index (χ0n) is 10.6. The maximum Gasteiger partial charge on any atom is 0.326 e. The quantitative estimate of drug-likeness (QED) is 0.588. The molecule has 1 atom stereocenters. The molecule has 108 valence electrons. The molecule has 20 heavy (non-hydrogen) atoms. The number of carboxylic acid groups (broad SMARTS) is 1. The van der Waals surface area contributed by atoms with Crippen molar-refractivity contribution in [1.82, 2.24) is 10.3 Å². The van der Waals surface area contributed by atoms with Crippen molar-refractivity contribution in [2.24, 2.45) is 0 Å². The summed E-state index contributed by atoms with van der Waals surface area (Å²) in [6, 6.07) is 3.53. The number of halogens is 1. The summed E-state index contributed by atoms with van der Waals surface area (Å²) in [4.78, 5) is 37.8. The highest BCUT2D eigenvalue weighted by Gasteiger charge is 2.22. The zero-order valence-corrected chi connectivity index (χ0v) is 12.2. The Kier molecular flexibility index (Phi) is 6.10. The van der Waals surface area contributed by atoms with Crippen LogP contribution in [0.2, 0.25) is 0 Å². The van der Waals surface area contributed by atoms with Gasteiger partial charge in [0.2, 0.25) is 0 Å². The third kappa shape index (κ3) is 4.96. The van der Waals surface area contributed by atoms with Gasteiger partial charge >= 0.3 is 11.9 Å². The summed E-state index contributed by atoms with van der Waals surface area (Å²) in [6.45, 7) is 0. The molecule has 0 spiro atoms. The first-order valence-corrected chi connectivity index (χ1v) is 6.46. The number of aliphatic carboxylic acids is 1. The number of aromatic nitrogens is 1. The van der Waals surface area contributed by atoms with Gasteiger partial charge in [0.05, 0.1) is 7.11 Å². The summed E-state index contributed by atoms with van der Waals surface area (Å²) >= 11 is 3.12. The molecule has 0 saturated carbocycles. The predicted molar refractivity (Wildman–Crippen MR) is 72.1 cm³/mol. The third-order valence-corrected chi connectivity index (χ3v) is 2.86. The van der Waals surface area contributed by atoms with Crippen molar-refractivity contribution in [2.45, 2.75) is 18.9 Å². The number of carboxylic acids is 1. The van der Waals surface area contributed by atoms with Crippen molar-refractivity contribution in [3.8, 4) is 0 Å². The van der Waals surface area contributed by atoms with Crippen LogP contribution in [0.3, 0.4) is 0 Å². The van der Waals surface area contributed by atoms with Crippen LogP contribution < -0.4 is 5.32 Å². The summed E-state index contributed by atoms with van der Waals surface area (Å²) in [5.41, 5.74) is 0.0868. The molecule has 0 aliphatic heterocycles. The van der Waals surface area contributed by atoms with Gasteiger partial charge in [0, 0.05) is 6.42 Å². The normalized spacial score (nSPS) is 11.5. The highest BCUT2D eigenvalue weighted by atomic mass is 79.9. The second kappa shape index (κ2) is 7.59. The lowest BCUT2D eigenvalue weighted by atomic mass is 10.1. The van der Waals surface area contributed by atoms with E-state index in [1.54, 1.807) is 12.1 Å². The van der Waals surface area contributed by atoms with Gasteiger partial charge in [0.15, 0.2) is 0 Å². The van der Waals surface area contributed by atoms with Gasteiger partial charge in [-0.15, -0.1) is 0 Å². The molecule has 0 bridgehead atoms. The van der Waals surface area contributed by atoms with E-state index in [9.17, 15) is 14.4 Å². The topological polar surface area (TPSA) is 106 Å². The summed E-state index contributed by atoms with van der Waals surface area (Å²) in [6.07, 6.45) is -0.151. The van der Waals surface area contributed by atoms with Crippen LogP contribution in [0.15, 0.2) is 22.8 Å². The zero-order chi connectivity index (χ0) is 15.1. The SMILES string of the molecule is COC(=O)CC[C@@H](NC(=O)c1cccc(Br)n1)C(=O)O. The fourth-order valence-corrected chi connectivity index (χ4v) is 1.73. The summed E-state index contributed by atoms with van der Waals surface area (Å²) in [5, 5.41) is 11.3. The number of hydrogen-bond acceptors (Lipinski definition) is 5. The van der Waals surface area contributed by atoms with Crippen LogP contribution in [0.25, 0.3) is 0 Å². The van der Waals surface area contributed by atoms with Gasteiger partial charge < -0.3 is 15.2 Å². The van der Waals surface area contributed by atoms with Gasteiger partial charge in [-0.2, -0.15) is 0 Å². The van der Waals surface area contributed by atoms with Gasteiger partial charge in [0.25, 0.3) is 5.91 Å². The van der Waals surface area contributed by atoms with Gasteiger partial charge in [-0.1, -0.05) is 6.07 Å². The first kappa shape index (κ1) is 16.1. The highest BCUT2D eigenvalue weighted by Crippen LogP contribution is 2.07. The maximum absolute atomic E-state index is 11.9. The van der Waals surface area contributed by atoms with Crippen molar-refractivity contribution in [3.63, 3.8) is 0 Å². The lowest BCUT2D eigenvalue weighted by molar-refractivity contribution is -0.142. The summed E-state index contributed by atoms with van der Waals surface area (Å²) in [5.74, 6) is -2.38. The average Bonchev–Trinajstić information content (AvgIpc) is 2.42. The van der Waals surface area contributed by atoms with E-state index in [0.717, 1.165) is 0 Å². The van der Waals surface area contributed by atoms with E-state index < -0.39 is 23.9 Å². The van der Waals surface area contributed by atoms with Gasteiger partial charge in [-0.05, 0) is 34.5 Å². The van der Waals surface area contributed by atoms with Crippen LogP contribution in [-0.4, -0.2) is 41.1 Å². The number of pyridine rings is 1. The largest absolute Gasteiger partial charge is 0.480 e. The van der Waals surface area contributed by atoms with Crippen LogP contribution in [0.4, 0.5) is 0 Å². The van der Waals surface area contributed by atoms with Gasteiger partial charge in [-0.3, -0.25) is 9.59 Å². The molecule has 0 radical (unpaired) electrons. The van der Waals surface area contributed by atoms with Crippen molar-refractivity contribution in [2.75, 3.05) is 7.11 Å². The molecule has 8 heteroatoms. The molecular weight excluding hydrogens is 332 g/mol. The van der Waals surface area contributed by atoms with E-state index in [1.165, 1.54) is 13.2 Å². The molecule has 0 fully saturated rings. The van der Waals surface area contributed by atoms with Crippen LogP contribution in [0, 0.1) is 0 Å². The van der Waals surface area contributed by atoms with Crippen LogP contribution in [0.5, 0.6) is 0 Å². The number of carbonyl (C=O) groups is 3. The Morgan fingerprint density at radius 1 is 1.45 bits per heavy atom. The van der Waals surface area contributed by atoms with Crippen LogP contribution >= 0.6 is 15.9 Å². The van der Waals surface area contributed by atoms with Crippen molar-refractivity contribution in [3.05, 3.63) is 28.5 Å². The molecule has 1 heterocycles. The molecule has 1 rings (SSSR count). The third-order valence-electron chi connectivity index (χ3n) is 2.42. The molecule has 0 aromatic carbocycles. The maximum atomic E-state index is 11.9. The number of esters is 1. The second-order valence-electron chi connectivity index (χ2n) is 3.82. The van der Waals surface area contributed by atoms with E-state index in [1.807, 2.05) is 0 Å². The molecular formula is C12H13BrN2O5. The molecule has 7 nitrogen and oxygen atoms in total. The van der Waals surface area contributed by atoms with Crippen LogP contribution in [0.1, 0.15) is 23.3 Å². The van der Waals surface area contributed by atoms with Gasteiger partial charge in [-0.25, -0.2) is 9.78 Å². The fourth-order valence-electron chi connectivity index (χ4n) is 1.39. The van der Waals surface area contributed by atoms with Crippen LogP contribution in [-0.2, 0) is 14.3 Å². The van der Waals surface area contributed by atoms with E-state index >= 15 is 0 Å². The molecule has 1 amide bonds. The Morgan fingerprint density at radius 2 is 2.15 bits per heavy atom. The first-order valence-electron chi connectivity index (χ1n) is 5.67. The van der Waals surface area contributed by atoms with E-state index in [-0.39, 0.29) is 18.5 Å². The number of carbonyl (C=O) groups excluding carboxylic acids is 2.